The maximum Gasteiger partial charge on any atom is 0.408 e. The number of carbonyl (C=O) groups excluding carboxylic acids is 3. The monoisotopic (exact) mass is 511 g/mol. The van der Waals surface area contributed by atoms with Crippen LogP contribution in [0, 0.1) is 19.8 Å². The van der Waals surface area contributed by atoms with Gasteiger partial charge in [-0.1, -0.05) is 43.2 Å². The van der Waals surface area contributed by atoms with Gasteiger partial charge in [0.25, 0.3) is 5.91 Å². The summed E-state index contributed by atoms with van der Waals surface area (Å²) in [6.07, 6.45) is -0.284. The lowest BCUT2D eigenvalue weighted by atomic mass is 9.97. The van der Waals surface area contributed by atoms with Crippen molar-refractivity contribution in [2.75, 3.05) is 19.5 Å². The third-order valence-corrected chi connectivity index (χ3v) is 5.60. The third kappa shape index (κ3) is 9.12. The molecule has 0 aromatic heterocycles. The topological polar surface area (TPSA) is 97.0 Å². The highest BCUT2D eigenvalue weighted by Gasteiger charge is 2.34. The molecule has 2 aromatic rings. The Bertz CT molecular complexity index is 1070. The third-order valence-electron chi connectivity index (χ3n) is 5.60. The molecule has 0 fully saturated rings. The van der Waals surface area contributed by atoms with Crippen LogP contribution in [0.4, 0.5) is 10.5 Å². The molecular formula is C29H41N3O5. The molecule has 2 N–H and O–H groups in total. The fourth-order valence-electron chi connectivity index (χ4n) is 4.12. The van der Waals surface area contributed by atoms with E-state index in [0.717, 1.165) is 11.1 Å². The van der Waals surface area contributed by atoms with Crippen LogP contribution >= 0.6 is 0 Å². The molecule has 202 valence electrons. The van der Waals surface area contributed by atoms with E-state index in [1.807, 2.05) is 45.9 Å². The number of alkyl carbamates (subject to hydrolysis) is 1. The van der Waals surface area contributed by atoms with E-state index in [4.69, 9.17) is 9.47 Å². The van der Waals surface area contributed by atoms with Crippen molar-refractivity contribution in [3.8, 4) is 5.75 Å². The number of likely N-dealkylation sites (N-methyl/N-ethyl adjacent to an activating group) is 1. The van der Waals surface area contributed by atoms with Gasteiger partial charge in [-0.15, -0.1) is 0 Å². The van der Waals surface area contributed by atoms with Gasteiger partial charge in [-0.05, 0) is 76.8 Å². The van der Waals surface area contributed by atoms with Gasteiger partial charge < -0.3 is 25.0 Å². The molecule has 0 aliphatic carbocycles. The minimum absolute atomic E-state index is 0.116. The largest absolute Gasteiger partial charge is 0.497 e. The van der Waals surface area contributed by atoms with Crippen LogP contribution in [0.1, 0.15) is 63.8 Å². The maximum atomic E-state index is 13.8. The fourth-order valence-corrected chi connectivity index (χ4v) is 4.12. The lowest BCUT2D eigenvalue weighted by molar-refractivity contribution is -0.139. The molecule has 0 saturated carbocycles. The summed E-state index contributed by atoms with van der Waals surface area (Å²) >= 11 is 0. The Kier molecular flexibility index (Phi) is 10.1. The number of ether oxygens (including phenoxy) is 2. The first-order valence-electron chi connectivity index (χ1n) is 12.5. The van der Waals surface area contributed by atoms with Gasteiger partial charge in [-0.25, -0.2) is 4.79 Å². The molecule has 8 nitrogen and oxygen atoms in total. The number of nitrogens with one attached hydrogen (secondary N) is 2. The first-order chi connectivity index (χ1) is 17.2. The standard InChI is InChI=1S/C29H41N3O5/c1-18(2)14-24(31-28(35)37-29(5,6)7)27(34)32(8)25(21-16-19(3)15-20(4)17-21)26(33)30-22-10-12-23(36-9)13-11-22/h10-13,15-18,24-25H,14H2,1-9H3,(H,30,33)(H,31,35). The van der Waals surface area contributed by atoms with E-state index in [2.05, 4.69) is 10.6 Å². The summed E-state index contributed by atoms with van der Waals surface area (Å²) in [5, 5.41) is 5.64. The number of aryl methyl sites for hydroxylation is 2. The first kappa shape index (κ1) is 29.7. The number of hydrogen-bond donors (Lipinski definition) is 2. The molecular weight excluding hydrogens is 470 g/mol. The number of benzene rings is 2. The molecule has 0 aliphatic rings. The van der Waals surface area contributed by atoms with Crippen LogP contribution in [-0.2, 0) is 14.3 Å². The minimum Gasteiger partial charge on any atom is -0.497 e. The van der Waals surface area contributed by atoms with E-state index in [1.54, 1.807) is 59.2 Å². The molecule has 0 radical (unpaired) electrons. The molecule has 3 amide bonds. The van der Waals surface area contributed by atoms with Crippen LogP contribution < -0.4 is 15.4 Å². The Morgan fingerprint density at radius 1 is 0.973 bits per heavy atom. The van der Waals surface area contributed by atoms with Crippen LogP contribution in [0.5, 0.6) is 5.75 Å². The van der Waals surface area contributed by atoms with Crippen molar-refractivity contribution in [1.82, 2.24) is 10.2 Å². The van der Waals surface area contributed by atoms with Crippen molar-refractivity contribution in [2.24, 2.45) is 5.92 Å². The predicted octanol–water partition coefficient (Wildman–Crippen LogP) is 5.39. The first-order valence-corrected chi connectivity index (χ1v) is 12.5. The van der Waals surface area contributed by atoms with Gasteiger partial charge in [0.05, 0.1) is 7.11 Å². The van der Waals surface area contributed by atoms with E-state index in [0.29, 0.717) is 23.4 Å². The van der Waals surface area contributed by atoms with E-state index >= 15 is 0 Å². The van der Waals surface area contributed by atoms with E-state index in [9.17, 15) is 14.4 Å². The number of nitrogens with zero attached hydrogens (tertiary/aromatic N) is 1. The lowest BCUT2D eigenvalue weighted by Crippen LogP contribution is -2.51. The number of rotatable bonds is 9. The van der Waals surface area contributed by atoms with Crippen molar-refractivity contribution in [1.29, 1.82) is 0 Å². The van der Waals surface area contributed by atoms with Crippen LogP contribution in [0.15, 0.2) is 42.5 Å². The molecule has 2 rings (SSSR count). The molecule has 0 bridgehead atoms. The van der Waals surface area contributed by atoms with Crippen molar-refractivity contribution in [2.45, 2.75) is 72.6 Å². The molecule has 0 heterocycles. The Balaban J connectivity index is 2.41. The maximum absolute atomic E-state index is 13.8. The van der Waals surface area contributed by atoms with Gasteiger partial charge >= 0.3 is 6.09 Å². The SMILES string of the molecule is COc1ccc(NC(=O)C(c2cc(C)cc(C)c2)N(C)C(=O)C(CC(C)C)NC(=O)OC(C)(C)C)cc1. The number of methoxy groups -OCH3 is 1. The molecule has 0 saturated heterocycles. The molecule has 0 aliphatic heterocycles. The number of carbonyl (C=O) groups is 3. The Labute approximate surface area is 220 Å². The fraction of sp³-hybridized carbons (Fsp3) is 0.483. The van der Waals surface area contributed by atoms with Gasteiger partial charge in [0, 0.05) is 12.7 Å². The summed E-state index contributed by atoms with van der Waals surface area (Å²) in [7, 11) is 3.16. The second kappa shape index (κ2) is 12.6. The zero-order valence-electron chi connectivity index (χ0n) is 23.5. The highest BCUT2D eigenvalue weighted by atomic mass is 16.6. The summed E-state index contributed by atoms with van der Waals surface area (Å²) in [5.74, 6) is 0.0335. The van der Waals surface area contributed by atoms with Gasteiger partial charge in [-0.3, -0.25) is 9.59 Å². The van der Waals surface area contributed by atoms with E-state index in [1.165, 1.54) is 4.90 Å². The molecule has 2 unspecified atom stereocenters. The summed E-state index contributed by atoms with van der Waals surface area (Å²) in [6.45, 7) is 13.1. The Hall–Kier alpha value is -3.55. The average Bonchev–Trinajstić information content (AvgIpc) is 2.76. The van der Waals surface area contributed by atoms with Gasteiger partial charge in [-0.2, -0.15) is 0 Å². The molecule has 37 heavy (non-hydrogen) atoms. The van der Waals surface area contributed by atoms with Crippen molar-refractivity contribution in [3.05, 3.63) is 59.2 Å². The van der Waals surface area contributed by atoms with Crippen LogP contribution in [0.3, 0.4) is 0 Å². The number of anilines is 1. The van der Waals surface area contributed by atoms with E-state index < -0.39 is 23.8 Å². The quantitative estimate of drug-likeness (QED) is 0.471. The van der Waals surface area contributed by atoms with Crippen molar-refractivity contribution in [3.63, 3.8) is 0 Å². The summed E-state index contributed by atoms with van der Waals surface area (Å²) < 4.78 is 10.6. The van der Waals surface area contributed by atoms with Gasteiger partial charge in [0.1, 0.15) is 23.4 Å². The average molecular weight is 512 g/mol. The second-order valence-corrected chi connectivity index (χ2v) is 10.8. The van der Waals surface area contributed by atoms with Crippen LogP contribution in [0.2, 0.25) is 0 Å². The Morgan fingerprint density at radius 3 is 2.03 bits per heavy atom. The highest BCUT2D eigenvalue weighted by Crippen LogP contribution is 2.26. The zero-order valence-corrected chi connectivity index (χ0v) is 23.5. The molecule has 2 atom stereocenters. The summed E-state index contributed by atoms with van der Waals surface area (Å²) in [6, 6.07) is 11.0. The lowest BCUT2D eigenvalue weighted by Gasteiger charge is -2.32. The van der Waals surface area contributed by atoms with Crippen molar-refractivity contribution >= 4 is 23.6 Å². The molecule has 8 heteroatoms. The summed E-state index contributed by atoms with van der Waals surface area (Å²) in [4.78, 5) is 41.3. The van der Waals surface area contributed by atoms with Crippen LogP contribution in [-0.4, -0.2) is 48.6 Å². The highest BCUT2D eigenvalue weighted by molar-refractivity contribution is 5.99. The zero-order chi connectivity index (χ0) is 27.9. The number of hydrogen-bond acceptors (Lipinski definition) is 5. The minimum atomic E-state index is -0.927. The second-order valence-electron chi connectivity index (χ2n) is 10.8. The summed E-state index contributed by atoms with van der Waals surface area (Å²) in [5.41, 5.74) is 2.50. The van der Waals surface area contributed by atoms with E-state index in [-0.39, 0.29) is 17.7 Å². The van der Waals surface area contributed by atoms with Gasteiger partial charge in [0.15, 0.2) is 0 Å². The molecule has 0 spiro atoms. The Morgan fingerprint density at radius 2 is 1.54 bits per heavy atom. The smallest absolute Gasteiger partial charge is 0.408 e. The number of amides is 3. The molecule has 2 aromatic carbocycles. The van der Waals surface area contributed by atoms with Crippen molar-refractivity contribution < 1.29 is 23.9 Å². The van der Waals surface area contributed by atoms with Crippen LogP contribution in [0.25, 0.3) is 0 Å². The predicted molar refractivity (Wildman–Crippen MR) is 146 cm³/mol. The van der Waals surface area contributed by atoms with Gasteiger partial charge in [0.2, 0.25) is 5.91 Å². The normalized spacial score (nSPS) is 12.9.